The Morgan fingerprint density at radius 1 is 1.06 bits per heavy atom. The maximum Gasteiger partial charge on any atom is 0.0709 e. The van der Waals surface area contributed by atoms with Crippen molar-refractivity contribution >= 4 is 10.9 Å². The second-order valence-corrected chi connectivity index (χ2v) is 3.92. The van der Waals surface area contributed by atoms with Crippen molar-refractivity contribution < 1.29 is 0 Å². The lowest BCUT2D eigenvalue weighted by Gasteiger charge is -2.01. The molecule has 2 aromatic heterocycles. The zero-order chi connectivity index (χ0) is 11.0. The number of hydrogen-bond acceptors (Lipinski definition) is 1. The van der Waals surface area contributed by atoms with E-state index >= 15 is 0 Å². The van der Waals surface area contributed by atoms with E-state index < -0.39 is 0 Å². The lowest BCUT2D eigenvalue weighted by Crippen LogP contribution is -1.87. The van der Waals surface area contributed by atoms with Crippen molar-refractivity contribution in [2.24, 2.45) is 7.05 Å². The third kappa shape index (κ3) is 1.39. The molecule has 0 fully saturated rings. The highest BCUT2D eigenvalue weighted by atomic mass is 14.9. The van der Waals surface area contributed by atoms with Gasteiger partial charge in [0, 0.05) is 24.2 Å². The van der Waals surface area contributed by atoms with Crippen molar-refractivity contribution in [3.05, 3.63) is 54.9 Å². The Bertz CT molecular complexity index is 624. The van der Waals surface area contributed by atoms with E-state index in [9.17, 15) is 0 Å². The molecule has 2 heterocycles. The quantitative estimate of drug-likeness (QED) is 0.600. The first-order chi connectivity index (χ1) is 7.84. The first-order valence-corrected chi connectivity index (χ1v) is 5.31. The van der Waals surface area contributed by atoms with Gasteiger partial charge in [-0.15, -0.1) is 0 Å². The largest absolute Gasteiger partial charge is 0.349 e. The molecular formula is C14H12N2. The highest BCUT2D eigenvalue weighted by molar-refractivity contribution is 5.83. The minimum Gasteiger partial charge on any atom is -0.349 e. The van der Waals surface area contributed by atoms with Gasteiger partial charge in [0.25, 0.3) is 0 Å². The summed E-state index contributed by atoms with van der Waals surface area (Å²) in [5, 5.41) is 1.23. The van der Waals surface area contributed by atoms with E-state index in [1.54, 1.807) is 0 Å². The predicted molar refractivity (Wildman–Crippen MR) is 66.2 cm³/mol. The van der Waals surface area contributed by atoms with Crippen LogP contribution < -0.4 is 0 Å². The number of fused-ring (bicyclic) bond motifs is 1. The van der Waals surface area contributed by atoms with Gasteiger partial charge in [-0.1, -0.05) is 30.3 Å². The number of pyridine rings is 1. The third-order valence-electron chi connectivity index (χ3n) is 2.84. The Balaban J connectivity index is 2.19. The van der Waals surface area contributed by atoms with Crippen LogP contribution in [0.1, 0.15) is 0 Å². The molecule has 2 nitrogen and oxygen atoms in total. The summed E-state index contributed by atoms with van der Waals surface area (Å²) < 4.78 is 2.08. The van der Waals surface area contributed by atoms with Gasteiger partial charge in [-0.2, -0.15) is 0 Å². The Labute approximate surface area is 94.2 Å². The first-order valence-electron chi connectivity index (χ1n) is 5.31. The van der Waals surface area contributed by atoms with E-state index in [0.717, 1.165) is 11.3 Å². The van der Waals surface area contributed by atoms with E-state index in [0.29, 0.717) is 0 Å². The Kier molecular flexibility index (Phi) is 2.00. The molecule has 0 N–H and O–H groups in total. The number of nitrogens with zero attached hydrogens (tertiary/aromatic N) is 2. The molecule has 0 spiro atoms. The van der Waals surface area contributed by atoms with E-state index in [-0.39, 0.29) is 0 Å². The predicted octanol–water partition coefficient (Wildman–Crippen LogP) is 3.24. The molecule has 2 heteroatoms. The van der Waals surface area contributed by atoms with Gasteiger partial charge >= 0.3 is 0 Å². The zero-order valence-corrected chi connectivity index (χ0v) is 9.09. The Hall–Kier alpha value is -2.09. The van der Waals surface area contributed by atoms with Crippen LogP contribution in [0.3, 0.4) is 0 Å². The lowest BCUT2D eigenvalue weighted by molar-refractivity contribution is 0.965. The highest BCUT2D eigenvalue weighted by Crippen LogP contribution is 2.21. The van der Waals surface area contributed by atoms with Crippen molar-refractivity contribution in [1.82, 2.24) is 9.55 Å². The molecule has 0 radical (unpaired) electrons. The molecule has 3 aromatic rings. The SMILES string of the molecule is Cn1ccc2cc(-c3ccccc3)ncc21. The van der Waals surface area contributed by atoms with E-state index in [4.69, 9.17) is 0 Å². The summed E-state index contributed by atoms with van der Waals surface area (Å²) in [6, 6.07) is 14.5. The van der Waals surface area contributed by atoms with Gasteiger partial charge in [-0.05, 0) is 12.1 Å². The van der Waals surface area contributed by atoms with E-state index in [1.165, 1.54) is 10.9 Å². The van der Waals surface area contributed by atoms with Crippen molar-refractivity contribution in [3.8, 4) is 11.3 Å². The molecule has 0 saturated carbocycles. The lowest BCUT2D eigenvalue weighted by atomic mass is 10.1. The molecule has 3 rings (SSSR count). The second kappa shape index (κ2) is 3.49. The van der Waals surface area contributed by atoms with Crippen molar-refractivity contribution in [1.29, 1.82) is 0 Å². The number of benzene rings is 1. The van der Waals surface area contributed by atoms with Gasteiger partial charge in [0.05, 0.1) is 17.4 Å². The molecule has 16 heavy (non-hydrogen) atoms. The normalized spacial score (nSPS) is 10.8. The van der Waals surface area contributed by atoms with E-state index in [1.807, 2.05) is 31.4 Å². The maximum absolute atomic E-state index is 4.49. The highest BCUT2D eigenvalue weighted by Gasteiger charge is 2.02. The summed E-state index contributed by atoms with van der Waals surface area (Å²) in [4.78, 5) is 4.49. The number of aromatic nitrogens is 2. The van der Waals surface area contributed by atoms with Gasteiger partial charge < -0.3 is 4.57 Å². The van der Waals surface area contributed by atoms with Gasteiger partial charge in [0.1, 0.15) is 0 Å². The number of rotatable bonds is 1. The molecule has 1 aromatic carbocycles. The van der Waals surface area contributed by atoms with Crippen molar-refractivity contribution in [3.63, 3.8) is 0 Å². The monoisotopic (exact) mass is 208 g/mol. The minimum atomic E-state index is 1.03. The summed E-state index contributed by atoms with van der Waals surface area (Å²) in [7, 11) is 2.03. The average Bonchev–Trinajstić information content (AvgIpc) is 2.72. The summed E-state index contributed by atoms with van der Waals surface area (Å²) >= 11 is 0. The smallest absolute Gasteiger partial charge is 0.0709 e. The van der Waals surface area contributed by atoms with E-state index in [2.05, 4.69) is 40.0 Å². The van der Waals surface area contributed by atoms with Crippen molar-refractivity contribution in [2.75, 3.05) is 0 Å². The summed E-state index contributed by atoms with van der Waals surface area (Å²) in [6.45, 7) is 0. The third-order valence-corrected chi connectivity index (χ3v) is 2.84. The minimum absolute atomic E-state index is 1.03. The molecule has 0 aliphatic heterocycles. The Morgan fingerprint density at radius 3 is 2.69 bits per heavy atom. The van der Waals surface area contributed by atoms with Gasteiger partial charge in [-0.25, -0.2) is 0 Å². The summed E-state index contributed by atoms with van der Waals surface area (Å²) in [6.07, 6.45) is 3.98. The van der Waals surface area contributed by atoms with Gasteiger partial charge in [0.15, 0.2) is 0 Å². The van der Waals surface area contributed by atoms with Crippen molar-refractivity contribution in [2.45, 2.75) is 0 Å². The standard InChI is InChI=1S/C14H12N2/c1-16-8-7-12-9-13(15-10-14(12)16)11-5-3-2-4-6-11/h2-10H,1H3. The molecule has 0 amide bonds. The Morgan fingerprint density at radius 2 is 1.88 bits per heavy atom. The number of aryl methyl sites for hydroxylation is 1. The van der Waals surface area contributed by atoms with Crippen LogP contribution in [0.15, 0.2) is 54.9 Å². The van der Waals surface area contributed by atoms with Crippen LogP contribution in [0.5, 0.6) is 0 Å². The summed E-state index contributed by atoms with van der Waals surface area (Å²) in [5.41, 5.74) is 3.35. The van der Waals surface area contributed by atoms with Crippen LogP contribution in [0.2, 0.25) is 0 Å². The van der Waals surface area contributed by atoms with Crippen LogP contribution in [-0.4, -0.2) is 9.55 Å². The van der Waals surface area contributed by atoms with Crippen LogP contribution >= 0.6 is 0 Å². The second-order valence-electron chi connectivity index (χ2n) is 3.92. The van der Waals surface area contributed by atoms with Gasteiger partial charge in [0.2, 0.25) is 0 Å². The molecule has 0 aliphatic rings. The molecule has 0 unspecified atom stereocenters. The fourth-order valence-electron chi connectivity index (χ4n) is 1.93. The van der Waals surface area contributed by atoms with Crippen LogP contribution in [-0.2, 0) is 7.05 Å². The molecule has 0 aliphatic carbocycles. The molecular weight excluding hydrogens is 196 g/mol. The molecule has 0 atom stereocenters. The summed E-state index contributed by atoms with van der Waals surface area (Å²) in [5.74, 6) is 0. The van der Waals surface area contributed by atoms with Crippen LogP contribution in [0, 0.1) is 0 Å². The molecule has 0 bridgehead atoms. The fourth-order valence-corrected chi connectivity index (χ4v) is 1.93. The average molecular weight is 208 g/mol. The molecule has 0 saturated heterocycles. The van der Waals surface area contributed by atoms with Crippen LogP contribution in [0.25, 0.3) is 22.2 Å². The maximum atomic E-state index is 4.49. The molecule has 78 valence electrons. The fraction of sp³-hybridized carbons (Fsp3) is 0.0714. The number of hydrogen-bond donors (Lipinski definition) is 0. The first kappa shape index (κ1) is 9.16. The van der Waals surface area contributed by atoms with Gasteiger partial charge in [-0.3, -0.25) is 4.98 Å². The topological polar surface area (TPSA) is 17.8 Å². The van der Waals surface area contributed by atoms with Crippen LogP contribution in [0.4, 0.5) is 0 Å². The zero-order valence-electron chi connectivity index (χ0n) is 9.09.